The molecule has 0 aromatic rings. The van der Waals surface area contributed by atoms with Crippen LogP contribution in [0.2, 0.25) is 0 Å². The standard InChI is InChI=1S/C63H121NO10/c1-3-5-7-9-11-13-15-17-19-21-23-24-25-26-27-28-29-30-31-33-35-37-39-41-43-45-47-49-51-56(67)62(72)64-54(53-73-63-61(71)60(70)59(69)57(52-65)74-63)58(68)55(66)50-48-46-44-42-40-38-36-34-32-22-20-18-16-14-12-10-8-6-4-2/h34,36,42,44,54-61,63,65-71H,3-33,35,37-41,43,45-53H2,1-2H3,(H,64,72)/b36-34+,44-42+. The maximum Gasteiger partial charge on any atom is 0.249 e. The fraction of sp³-hybridized carbons (Fsp3) is 0.921. The largest absolute Gasteiger partial charge is 0.394 e. The van der Waals surface area contributed by atoms with Crippen molar-refractivity contribution in [2.75, 3.05) is 13.2 Å². The summed E-state index contributed by atoms with van der Waals surface area (Å²) in [5, 5.41) is 76.2. The third-order valence-corrected chi connectivity index (χ3v) is 15.5. The molecule has 1 amide bonds. The zero-order valence-corrected chi connectivity index (χ0v) is 48.1. The molecule has 0 aliphatic carbocycles. The lowest BCUT2D eigenvalue weighted by Crippen LogP contribution is -2.60. The Morgan fingerprint density at radius 2 is 0.811 bits per heavy atom. The van der Waals surface area contributed by atoms with E-state index in [9.17, 15) is 40.5 Å². The summed E-state index contributed by atoms with van der Waals surface area (Å²) in [7, 11) is 0. The lowest BCUT2D eigenvalue weighted by molar-refractivity contribution is -0.303. The van der Waals surface area contributed by atoms with Crippen molar-refractivity contribution in [1.29, 1.82) is 0 Å². The number of aliphatic hydroxyl groups excluding tert-OH is 7. The molecule has 0 bridgehead atoms. The summed E-state index contributed by atoms with van der Waals surface area (Å²) in [6, 6.07) is -1.19. The van der Waals surface area contributed by atoms with Gasteiger partial charge in [0, 0.05) is 0 Å². The Bertz CT molecular complexity index is 1250. The van der Waals surface area contributed by atoms with E-state index in [1.165, 1.54) is 218 Å². The summed E-state index contributed by atoms with van der Waals surface area (Å²) in [6.07, 6.45) is 52.5. The van der Waals surface area contributed by atoms with Crippen molar-refractivity contribution in [3.05, 3.63) is 24.3 Å². The van der Waals surface area contributed by atoms with Gasteiger partial charge in [-0.1, -0.05) is 276 Å². The van der Waals surface area contributed by atoms with Crippen LogP contribution in [0, 0.1) is 0 Å². The monoisotopic (exact) mass is 1050 g/mol. The number of carbonyl (C=O) groups is 1. The first-order chi connectivity index (χ1) is 36.2. The van der Waals surface area contributed by atoms with Gasteiger partial charge < -0.3 is 50.5 Å². The van der Waals surface area contributed by atoms with Gasteiger partial charge in [0.1, 0.15) is 36.6 Å². The Balaban J connectivity index is 2.25. The first-order valence-electron chi connectivity index (χ1n) is 31.7. The Kier molecular flexibility index (Phi) is 49.9. The van der Waals surface area contributed by atoms with E-state index in [1.807, 2.05) is 0 Å². The van der Waals surface area contributed by atoms with Crippen molar-refractivity contribution < 1.29 is 50.0 Å². The lowest BCUT2D eigenvalue weighted by Gasteiger charge is -2.40. The molecule has 74 heavy (non-hydrogen) atoms. The number of ether oxygens (including phenoxy) is 2. The first kappa shape index (κ1) is 70.6. The number of aliphatic hydroxyl groups is 7. The molecule has 8 N–H and O–H groups in total. The van der Waals surface area contributed by atoms with Crippen LogP contribution in [0.4, 0.5) is 0 Å². The molecule has 9 unspecified atom stereocenters. The van der Waals surface area contributed by atoms with Gasteiger partial charge in [-0.25, -0.2) is 0 Å². The molecular weight excluding hydrogens is 931 g/mol. The molecular formula is C63H121NO10. The molecule has 1 fully saturated rings. The van der Waals surface area contributed by atoms with Crippen molar-refractivity contribution in [3.63, 3.8) is 0 Å². The summed E-state index contributed by atoms with van der Waals surface area (Å²) in [5.41, 5.74) is 0. The molecule has 0 aromatic carbocycles. The highest BCUT2D eigenvalue weighted by atomic mass is 16.7. The zero-order chi connectivity index (χ0) is 54.0. The van der Waals surface area contributed by atoms with E-state index < -0.39 is 74.2 Å². The van der Waals surface area contributed by atoms with Crippen LogP contribution in [-0.2, 0) is 14.3 Å². The van der Waals surface area contributed by atoms with Crippen molar-refractivity contribution in [2.45, 2.75) is 358 Å². The molecule has 1 rings (SSSR count). The predicted molar refractivity (Wildman–Crippen MR) is 307 cm³/mol. The van der Waals surface area contributed by atoms with Crippen LogP contribution in [0.3, 0.4) is 0 Å². The van der Waals surface area contributed by atoms with Crippen molar-refractivity contribution >= 4 is 5.91 Å². The summed E-state index contributed by atoms with van der Waals surface area (Å²) in [6.45, 7) is 3.47. The molecule has 1 saturated heterocycles. The average molecular weight is 1050 g/mol. The average Bonchev–Trinajstić information content (AvgIpc) is 3.40. The molecule has 11 heteroatoms. The molecule has 11 nitrogen and oxygen atoms in total. The van der Waals surface area contributed by atoms with Crippen LogP contribution < -0.4 is 5.32 Å². The van der Waals surface area contributed by atoms with E-state index in [4.69, 9.17) is 9.47 Å². The molecule has 9 atom stereocenters. The van der Waals surface area contributed by atoms with Gasteiger partial charge in [0.05, 0.1) is 25.4 Å². The van der Waals surface area contributed by atoms with Gasteiger partial charge in [0.25, 0.3) is 0 Å². The molecule has 0 saturated carbocycles. The lowest BCUT2D eigenvalue weighted by atomic mass is 9.98. The molecule has 1 heterocycles. The van der Waals surface area contributed by atoms with E-state index in [0.29, 0.717) is 19.3 Å². The number of carbonyl (C=O) groups excluding carboxylic acids is 1. The minimum Gasteiger partial charge on any atom is -0.394 e. The van der Waals surface area contributed by atoms with Crippen LogP contribution >= 0.6 is 0 Å². The maximum absolute atomic E-state index is 13.2. The van der Waals surface area contributed by atoms with Crippen LogP contribution in [0.15, 0.2) is 24.3 Å². The van der Waals surface area contributed by atoms with Gasteiger partial charge in [-0.05, 0) is 51.4 Å². The summed E-state index contributed by atoms with van der Waals surface area (Å²) < 4.78 is 11.1. The number of nitrogens with one attached hydrogen (secondary N) is 1. The van der Waals surface area contributed by atoms with Crippen molar-refractivity contribution in [1.82, 2.24) is 5.32 Å². The van der Waals surface area contributed by atoms with Gasteiger partial charge in [-0.3, -0.25) is 4.79 Å². The minimum atomic E-state index is -1.67. The van der Waals surface area contributed by atoms with Crippen LogP contribution in [-0.4, -0.2) is 110 Å². The van der Waals surface area contributed by atoms with E-state index in [-0.39, 0.29) is 12.8 Å². The molecule has 0 radical (unpaired) electrons. The topological polar surface area (TPSA) is 189 Å². The summed E-state index contributed by atoms with van der Waals surface area (Å²) in [4.78, 5) is 13.2. The molecule has 438 valence electrons. The fourth-order valence-electron chi connectivity index (χ4n) is 10.3. The van der Waals surface area contributed by atoms with E-state index in [1.54, 1.807) is 0 Å². The third kappa shape index (κ3) is 39.9. The second-order valence-corrected chi connectivity index (χ2v) is 22.5. The Morgan fingerprint density at radius 1 is 0.459 bits per heavy atom. The number of hydrogen-bond acceptors (Lipinski definition) is 10. The van der Waals surface area contributed by atoms with E-state index >= 15 is 0 Å². The number of amides is 1. The predicted octanol–water partition coefficient (Wildman–Crippen LogP) is 14.1. The Hall–Kier alpha value is -1.41. The summed E-state index contributed by atoms with van der Waals surface area (Å²) in [5.74, 6) is -0.704. The van der Waals surface area contributed by atoms with Crippen molar-refractivity contribution in [3.8, 4) is 0 Å². The normalized spacial score (nSPS) is 19.9. The fourth-order valence-corrected chi connectivity index (χ4v) is 10.3. The third-order valence-electron chi connectivity index (χ3n) is 15.5. The highest BCUT2D eigenvalue weighted by molar-refractivity contribution is 5.80. The van der Waals surface area contributed by atoms with E-state index in [2.05, 4.69) is 43.5 Å². The molecule has 0 spiro atoms. The molecule has 0 aromatic heterocycles. The van der Waals surface area contributed by atoms with Crippen LogP contribution in [0.1, 0.15) is 303 Å². The van der Waals surface area contributed by atoms with Gasteiger partial charge >= 0.3 is 0 Å². The zero-order valence-electron chi connectivity index (χ0n) is 48.1. The molecule has 1 aliphatic heterocycles. The van der Waals surface area contributed by atoms with E-state index in [0.717, 1.165) is 38.5 Å². The number of unbranched alkanes of at least 4 members (excludes halogenated alkanes) is 39. The quantitative estimate of drug-likeness (QED) is 0.0215. The smallest absolute Gasteiger partial charge is 0.249 e. The van der Waals surface area contributed by atoms with Gasteiger partial charge in [0.15, 0.2) is 6.29 Å². The second kappa shape index (κ2) is 52.3. The Labute approximate surface area is 454 Å². The van der Waals surface area contributed by atoms with Crippen LogP contribution in [0.25, 0.3) is 0 Å². The number of rotatable bonds is 55. The van der Waals surface area contributed by atoms with Gasteiger partial charge in [-0.15, -0.1) is 0 Å². The van der Waals surface area contributed by atoms with Crippen molar-refractivity contribution in [2.24, 2.45) is 0 Å². The highest BCUT2D eigenvalue weighted by Gasteiger charge is 2.44. The number of allylic oxidation sites excluding steroid dienone is 4. The SMILES string of the molecule is CCCCCCCCCCCC/C=C/CC/C=C/CCCC(O)C(O)C(COC1OC(CO)C(O)C(O)C1O)NC(=O)C(O)CCCCCCCCCCCCCCCCCCCCCCCCCCCCCC. The van der Waals surface area contributed by atoms with Gasteiger partial charge in [-0.2, -0.15) is 0 Å². The first-order valence-corrected chi connectivity index (χ1v) is 31.7. The summed E-state index contributed by atoms with van der Waals surface area (Å²) >= 11 is 0. The molecule has 1 aliphatic rings. The Morgan fingerprint density at radius 3 is 1.20 bits per heavy atom. The highest BCUT2D eigenvalue weighted by Crippen LogP contribution is 2.24. The number of hydrogen-bond donors (Lipinski definition) is 8. The second-order valence-electron chi connectivity index (χ2n) is 22.5. The van der Waals surface area contributed by atoms with Crippen LogP contribution in [0.5, 0.6) is 0 Å². The van der Waals surface area contributed by atoms with Gasteiger partial charge in [0.2, 0.25) is 5.91 Å². The maximum atomic E-state index is 13.2. The minimum absolute atomic E-state index is 0.249.